The van der Waals surface area contributed by atoms with Gasteiger partial charge in [-0.2, -0.15) is 5.10 Å². The number of hydrogen-bond acceptors (Lipinski definition) is 3. The Hall–Kier alpha value is -1.65. The van der Waals surface area contributed by atoms with E-state index < -0.39 is 6.10 Å². The van der Waals surface area contributed by atoms with E-state index in [4.69, 9.17) is 4.74 Å². The van der Waals surface area contributed by atoms with Gasteiger partial charge >= 0.3 is 0 Å². The standard InChI is InChI=1S/C14H18N2O2/c1-11-3-5-12(6-4-11)14(17)13-7-8-15-16(13)9-10-18-2/h3-8,14,17H,9-10H2,1-2H3. The van der Waals surface area contributed by atoms with Crippen LogP contribution in [0.5, 0.6) is 0 Å². The lowest BCUT2D eigenvalue weighted by Crippen LogP contribution is -2.13. The Kier molecular flexibility index (Phi) is 4.12. The maximum absolute atomic E-state index is 10.4. The quantitative estimate of drug-likeness (QED) is 0.876. The summed E-state index contributed by atoms with van der Waals surface area (Å²) < 4.78 is 6.80. The lowest BCUT2D eigenvalue weighted by atomic mass is 10.1. The summed E-state index contributed by atoms with van der Waals surface area (Å²) in [5.41, 5.74) is 2.84. The summed E-state index contributed by atoms with van der Waals surface area (Å²) >= 11 is 0. The molecular weight excluding hydrogens is 228 g/mol. The third kappa shape index (κ3) is 2.78. The van der Waals surface area contributed by atoms with Crippen LogP contribution in [-0.2, 0) is 11.3 Å². The molecule has 0 aliphatic rings. The van der Waals surface area contributed by atoms with Crippen LogP contribution in [0.25, 0.3) is 0 Å². The molecule has 1 unspecified atom stereocenters. The third-order valence-corrected chi connectivity index (χ3v) is 2.93. The molecule has 0 saturated carbocycles. The Morgan fingerprint density at radius 1 is 1.28 bits per heavy atom. The Balaban J connectivity index is 2.20. The minimum Gasteiger partial charge on any atom is -0.383 e. The predicted octanol–water partition coefficient (Wildman–Crippen LogP) is 1.92. The van der Waals surface area contributed by atoms with Crippen LogP contribution in [0.3, 0.4) is 0 Å². The second-order valence-electron chi connectivity index (χ2n) is 4.29. The van der Waals surface area contributed by atoms with Crippen LogP contribution < -0.4 is 0 Å². The van der Waals surface area contributed by atoms with E-state index in [0.29, 0.717) is 13.2 Å². The molecule has 18 heavy (non-hydrogen) atoms. The van der Waals surface area contributed by atoms with Crippen molar-refractivity contribution in [1.29, 1.82) is 0 Å². The first kappa shape index (κ1) is 12.8. The molecule has 1 heterocycles. The number of nitrogens with zero attached hydrogens (tertiary/aromatic N) is 2. The molecule has 0 amide bonds. The van der Waals surface area contributed by atoms with Gasteiger partial charge in [0.05, 0.1) is 18.8 Å². The Morgan fingerprint density at radius 2 is 2.00 bits per heavy atom. The average molecular weight is 246 g/mol. The van der Waals surface area contributed by atoms with Crippen LogP contribution in [-0.4, -0.2) is 28.6 Å². The fourth-order valence-electron chi connectivity index (χ4n) is 1.86. The van der Waals surface area contributed by atoms with Crippen molar-refractivity contribution in [3.05, 3.63) is 53.3 Å². The molecule has 0 fully saturated rings. The maximum Gasteiger partial charge on any atom is 0.121 e. The van der Waals surface area contributed by atoms with Crippen LogP contribution in [0.15, 0.2) is 36.5 Å². The van der Waals surface area contributed by atoms with Crippen LogP contribution in [0.4, 0.5) is 0 Å². The summed E-state index contributed by atoms with van der Waals surface area (Å²) in [7, 11) is 1.65. The third-order valence-electron chi connectivity index (χ3n) is 2.93. The minimum absolute atomic E-state index is 0.579. The van der Waals surface area contributed by atoms with Crippen LogP contribution >= 0.6 is 0 Å². The molecule has 1 aromatic carbocycles. The summed E-state index contributed by atoms with van der Waals surface area (Å²) in [5, 5.41) is 14.5. The van der Waals surface area contributed by atoms with Gasteiger partial charge in [0.25, 0.3) is 0 Å². The molecule has 0 aliphatic carbocycles. The number of benzene rings is 1. The number of aliphatic hydroxyl groups is 1. The molecule has 0 saturated heterocycles. The molecule has 4 nitrogen and oxygen atoms in total. The maximum atomic E-state index is 10.4. The molecule has 0 spiro atoms. The molecule has 0 aliphatic heterocycles. The van der Waals surface area contributed by atoms with Gasteiger partial charge in [-0.1, -0.05) is 29.8 Å². The number of aryl methyl sites for hydroxylation is 1. The van der Waals surface area contributed by atoms with Crippen molar-refractivity contribution >= 4 is 0 Å². The summed E-state index contributed by atoms with van der Waals surface area (Å²) in [4.78, 5) is 0. The van der Waals surface area contributed by atoms with Gasteiger partial charge in [0.2, 0.25) is 0 Å². The molecule has 2 aromatic rings. The Morgan fingerprint density at radius 3 is 2.67 bits per heavy atom. The lowest BCUT2D eigenvalue weighted by molar-refractivity contribution is 0.171. The monoisotopic (exact) mass is 246 g/mol. The smallest absolute Gasteiger partial charge is 0.121 e. The SMILES string of the molecule is COCCn1nccc1C(O)c1ccc(C)cc1. The molecular formula is C14H18N2O2. The number of ether oxygens (including phenoxy) is 1. The van der Waals surface area contributed by atoms with E-state index in [0.717, 1.165) is 11.3 Å². The largest absolute Gasteiger partial charge is 0.383 e. The van der Waals surface area contributed by atoms with E-state index in [1.807, 2.05) is 37.3 Å². The van der Waals surface area contributed by atoms with Crippen LogP contribution in [0, 0.1) is 6.92 Å². The van der Waals surface area contributed by atoms with Crippen molar-refractivity contribution in [3.8, 4) is 0 Å². The highest BCUT2D eigenvalue weighted by Crippen LogP contribution is 2.21. The summed E-state index contributed by atoms with van der Waals surface area (Å²) in [6, 6.07) is 9.70. The highest BCUT2D eigenvalue weighted by Gasteiger charge is 2.14. The molecule has 1 atom stereocenters. The first-order chi connectivity index (χ1) is 8.72. The molecule has 0 radical (unpaired) electrons. The van der Waals surface area contributed by atoms with Gasteiger partial charge in [0.15, 0.2) is 0 Å². The fraction of sp³-hybridized carbons (Fsp3) is 0.357. The van der Waals surface area contributed by atoms with Gasteiger partial charge in [-0.05, 0) is 18.6 Å². The number of aliphatic hydroxyl groups excluding tert-OH is 1. The van der Waals surface area contributed by atoms with Crippen molar-refractivity contribution < 1.29 is 9.84 Å². The van der Waals surface area contributed by atoms with E-state index in [-0.39, 0.29) is 0 Å². The summed E-state index contributed by atoms with van der Waals surface area (Å²) in [5.74, 6) is 0. The Bertz CT molecular complexity index is 491. The first-order valence-corrected chi connectivity index (χ1v) is 5.97. The van der Waals surface area contributed by atoms with Gasteiger partial charge in [-0.3, -0.25) is 4.68 Å². The minimum atomic E-state index is -0.648. The highest BCUT2D eigenvalue weighted by molar-refractivity contribution is 5.28. The van der Waals surface area contributed by atoms with Gasteiger partial charge in [0.1, 0.15) is 6.10 Å². The normalized spacial score (nSPS) is 12.6. The average Bonchev–Trinajstić information content (AvgIpc) is 2.84. The van der Waals surface area contributed by atoms with Crippen LogP contribution in [0.2, 0.25) is 0 Å². The van der Waals surface area contributed by atoms with E-state index in [1.165, 1.54) is 5.56 Å². The predicted molar refractivity (Wildman–Crippen MR) is 69.3 cm³/mol. The van der Waals surface area contributed by atoms with E-state index >= 15 is 0 Å². The zero-order chi connectivity index (χ0) is 13.0. The zero-order valence-corrected chi connectivity index (χ0v) is 10.7. The van der Waals surface area contributed by atoms with E-state index in [9.17, 15) is 5.11 Å². The molecule has 0 bridgehead atoms. The second-order valence-corrected chi connectivity index (χ2v) is 4.29. The molecule has 4 heteroatoms. The molecule has 1 aromatic heterocycles. The van der Waals surface area contributed by atoms with Gasteiger partial charge in [0, 0.05) is 13.3 Å². The fourth-order valence-corrected chi connectivity index (χ4v) is 1.86. The number of rotatable bonds is 5. The lowest BCUT2D eigenvalue weighted by Gasteiger charge is -2.13. The summed E-state index contributed by atoms with van der Waals surface area (Å²) in [6.07, 6.45) is 1.05. The topological polar surface area (TPSA) is 47.3 Å². The van der Waals surface area contributed by atoms with E-state index in [1.54, 1.807) is 18.0 Å². The highest BCUT2D eigenvalue weighted by atomic mass is 16.5. The summed E-state index contributed by atoms with van der Waals surface area (Å²) in [6.45, 7) is 3.25. The van der Waals surface area contributed by atoms with E-state index in [2.05, 4.69) is 5.10 Å². The molecule has 2 rings (SSSR count). The van der Waals surface area contributed by atoms with Crippen molar-refractivity contribution in [3.63, 3.8) is 0 Å². The Labute approximate surface area is 107 Å². The van der Waals surface area contributed by atoms with Crippen molar-refractivity contribution in [2.24, 2.45) is 0 Å². The second kappa shape index (κ2) is 5.80. The van der Waals surface area contributed by atoms with Gasteiger partial charge < -0.3 is 9.84 Å². The van der Waals surface area contributed by atoms with Gasteiger partial charge in [-0.15, -0.1) is 0 Å². The molecule has 1 N–H and O–H groups in total. The zero-order valence-electron chi connectivity index (χ0n) is 10.7. The first-order valence-electron chi connectivity index (χ1n) is 5.97. The number of methoxy groups -OCH3 is 1. The molecule has 96 valence electrons. The number of hydrogen-bond donors (Lipinski definition) is 1. The number of aromatic nitrogens is 2. The van der Waals surface area contributed by atoms with Crippen molar-refractivity contribution in [2.75, 3.05) is 13.7 Å². The van der Waals surface area contributed by atoms with Gasteiger partial charge in [-0.25, -0.2) is 0 Å². The van der Waals surface area contributed by atoms with Crippen molar-refractivity contribution in [1.82, 2.24) is 9.78 Å². The van der Waals surface area contributed by atoms with Crippen molar-refractivity contribution in [2.45, 2.75) is 19.6 Å². The van der Waals surface area contributed by atoms with Crippen LogP contribution in [0.1, 0.15) is 22.9 Å².